The van der Waals surface area contributed by atoms with E-state index in [-0.39, 0.29) is 12.4 Å². The largest absolute Gasteiger partial charge is 0.368 e. The van der Waals surface area contributed by atoms with Crippen LogP contribution in [0, 0.1) is 0 Å². The molecule has 0 aliphatic carbocycles. The standard InChI is InChI=1S/C9H12N6S.ClH/c10-9-13-7(15-3-1-11-2-4-15)6-8(14-9)16-5-12-6;/h5,11H,1-4H2,(H2,10,13,14);1H. The Hall–Kier alpha value is -1.18. The molecule has 0 unspecified atom stereocenters. The minimum absolute atomic E-state index is 0. The van der Waals surface area contributed by atoms with Crippen LogP contribution in [0.1, 0.15) is 0 Å². The molecule has 0 saturated carbocycles. The summed E-state index contributed by atoms with van der Waals surface area (Å²) in [6, 6.07) is 0. The van der Waals surface area contributed by atoms with E-state index in [2.05, 4.69) is 25.2 Å². The molecule has 0 aromatic carbocycles. The number of hydrogen-bond donors (Lipinski definition) is 2. The van der Waals surface area contributed by atoms with Gasteiger partial charge in [0.15, 0.2) is 10.6 Å². The lowest BCUT2D eigenvalue weighted by molar-refractivity contribution is 0.586. The fourth-order valence-corrected chi connectivity index (χ4v) is 2.52. The van der Waals surface area contributed by atoms with Gasteiger partial charge in [0.05, 0.1) is 5.51 Å². The molecule has 0 atom stereocenters. The van der Waals surface area contributed by atoms with Gasteiger partial charge in [-0.25, -0.2) is 9.97 Å². The van der Waals surface area contributed by atoms with E-state index in [1.54, 1.807) is 5.51 Å². The molecule has 2 aromatic heterocycles. The number of nitrogens with two attached hydrogens (primary N) is 1. The number of aromatic nitrogens is 3. The number of nitrogens with zero attached hydrogens (tertiary/aromatic N) is 4. The summed E-state index contributed by atoms with van der Waals surface area (Å²) in [5.74, 6) is 1.19. The smallest absolute Gasteiger partial charge is 0.223 e. The number of thiazole rings is 1. The second-order valence-corrected chi connectivity index (χ2v) is 4.48. The van der Waals surface area contributed by atoms with Crippen LogP contribution in [0.3, 0.4) is 0 Å². The van der Waals surface area contributed by atoms with Crippen LogP contribution in [0.5, 0.6) is 0 Å². The molecule has 2 aromatic rings. The zero-order valence-corrected chi connectivity index (χ0v) is 10.7. The van der Waals surface area contributed by atoms with Crippen molar-refractivity contribution >= 4 is 45.9 Å². The van der Waals surface area contributed by atoms with E-state index in [0.29, 0.717) is 5.95 Å². The van der Waals surface area contributed by atoms with Crippen LogP contribution in [0.15, 0.2) is 5.51 Å². The summed E-state index contributed by atoms with van der Waals surface area (Å²) in [7, 11) is 0. The molecular weight excluding hydrogens is 260 g/mol. The van der Waals surface area contributed by atoms with Crippen LogP contribution in [0.25, 0.3) is 10.3 Å². The van der Waals surface area contributed by atoms with Gasteiger partial charge in [-0.1, -0.05) is 0 Å². The predicted octanol–water partition coefficient (Wildman–Crippen LogP) is 0.500. The lowest BCUT2D eigenvalue weighted by Gasteiger charge is -2.28. The van der Waals surface area contributed by atoms with Gasteiger partial charge >= 0.3 is 0 Å². The third kappa shape index (κ3) is 2.26. The molecule has 1 saturated heterocycles. The molecule has 3 rings (SSSR count). The Morgan fingerprint density at radius 3 is 2.82 bits per heavy atom. The Balaban J connectivity index is 0.00000108. The van der Waals surface area contributed by atoms with Crippen molar-refractivity contribution in [3.8, 4) is 0 Å². The number of rotatable bonds is 1. The number of nitrogens with one attached hydrogen (secondary N) is 1. The monoisotopic (exact) mass is 272 g/mol. The number of anilines is 2. The van der Waals surface area contributed by atoms with Gasteiger partial charge in [-0.2, -0.15) is 4.98 Å². The van der Waals surface area contributed by atoms with Crippen molar-refractivity contribution in [3.05, 3.63) is 5.51 Å². The van der Waals surface area contributed by atoms with Crippen LogP contribution in [0.2, 0.25) is 0 Å². The topological polar surface area (TPSA) is 80.0 Å². The van der Waals surface area contributed by atoms with Crippen molar-refractivity contribution in [2.24, 2.45) is 0 Å². The summed E-state index contributed by atoms with van der Waals surface area (Å²) in [5.41, 5.74) is 8.35. The van der Waals surface area contributed by atoms with E-state index in [1.165, 1.54) is 11.3 Å². The second kappa shape index (κ2) is 4.99. The van der Waals surface area contributed by atoms with Gasteiger partial charge in [-0.15, -0.1) is 23.7 Å². The van der Waals surface area contributed by atoms with Gasteiger partial charge in [-0.3, -0.25) is 0 Å². The molecule has 0 bridgehead atoms. The lowest BCUT2D eigenvalue weighted by Crippen LogP contribution is -2.44. The highest BCUT2D eigenvalue weighted by Crippen LogP contribution is 2.25. The summed E-state index contributed by atoms with van der Waals surface area (Å²) >= 11 is 1.50. The first kappa shape index (κ1) is 12.3. The van der Waals surface area contributed by atoms with Crippen molar-refractivity contribution in [2.75, 3.05) is 36.8 Å². The van der Waals surface area contributed by atoms with E-state index in [1.807, 2.05) is 0 Å². The van der Waals surface area contributed by atoms with Crippen LogP contribution in [-0.2, 0) is 0 Å². The van der Waals surface area contributed by atoms with Crippen LogP contribution in [0.4, 0.5) is 11.8 Å². The molecule has 1 aliphatic heterocycles. The Bertz CT molecular complexity index is 509. The molecule has 17 heavy (non-hydrogen) atoms. The third-order valence-electron chi connectivity index (χ3n) is 2.61. The maximum absolute atomic E-state index is 5.70. The fourth-order valence-electron chi connectivity index (χ4n) is 1.86. The summed E-state index contributed by atoms with van der Waals surface area (Å²) in [5, 5.41) is 3.31. The summed E-state index contributed by atoms with van der Waals surface area (Å²) in [4.78, 5) is 15.9. The van der Waals surface area contributed by atoms with E-state index in [9.17, 15) is 0 Å². The number of fused-ring (bicyclic) bond motifs is 1. The zero-order chi connectivity index (χ0) is 11.0. The summed E-state index contributed by atoms with van der Waals surface area (Å²) < 4.78 is 0. The maximum atomic E-state index is 5.70. The summed E-state index contributed by atoms with van der Waals surface area (Å²) in [6.07, 6.45) is 0. The molecule has 92 valence electrons. The van der Waals surface area contributed by atoms with Crippen molar-refractivity contribution < 1.29 is 0 Å². The minimum Gasteiger partial charge on any atom is -0.368 e. The van der Waals surface area contributed by atoms with Gasteiger partial charge in [0.2, 0.25) is 5.95 Å². The van der Waals surface area contributed by atoms with Crippen molar-refractivity contribution in [1.29, 1.82) is 0 Å². The number of halogens is 1. The Morgan fingerprint density at radius 2 is 2.06 bits per heavy atom. The second-order valence-electron chi connectivity index (χ2n) is 3.65. The van der Waals surface area contributed by atoms with E-state index >= 15 is 0 Å². The normalized spacial score (nSPS) is 15.9. The zero-order valence-electron chi connectivity index (χ0n) is 9.09. The van der Waals surface area contributed by atoms with Gasteiger partial charge in [0.25, 0.3) is 0 Å². The highest BCUT2D eigenvalue weighted by atomic mass is 35.5. The Labute approximate surface area is 109 Å². The molecule has 1 fully saturated rings. The van der Waals surface area contributed by atoms with E-state index in [0.717, 1.165) is 42.3 Å². The summed E-state index contributed by atoms with van der Waals surface area (Å²) in [6.45, 7) is 3.80. The van der Waals surface area contributed by atoms with E-state index < -0.39 is 0 Å². The van der Waals surface area contributed by atoms with Gasteiger partial charge < -0.3 is 16.0 Å². The average Bonchev–Trinajstić information content (AvgIpc) is 2.77. The lowest BCUT2D eigenvalue weighted by atomic mass is 10.3. The fraction of sp³-hybridized carbons (Fsp3) is 0.444. The van der Waals surface area contributed by atoms with E-state index in [4.69, 9.17) is 5.73 Å². The molecule has 3 heterocycles. The maximum Gasteiger partial charge on any atom is 0.223 e. The number of piperazine rings is 1. The number of hydrogen-bond acceptors (Lipinski definition) is 7. The highest BCUT2D eigenvalue weighted by Gasteiger charge is 2.17. The van der Waals surface area contributed by atoms with Crippen molar-refractivity contribution in [2.45, 2.75) is 0 Å². The molecule has 1 aliphatic rings. The Kier molecular flexibility index (Phi) is 3.60. The molecule has 6 nitrogen and oxygen atoms in total. The predicted molar refractivity (Wildman–Crippen MR) is 72.0 cm³/mol. The van der Waals surface area contributed by atoms with Gasteiger partial charge in [0.1, 0.15) is 5.52 Å². The average molecular weight is 273 g/mol. The van der Waals surface area contributed by atoms with Crippen LogP contribution < -0.4 is 16.0 Å². The molecule has 0 spiro atoms. The van der Waals surface area contributed by atoms with Crippen molar-refractivity contribution in [3.63, 3.8) is 0 Å². The van der Waals surface area contributed by atoms with Gasteiger partial charge in [0, 0.05) is 26.2 Å². The molecule has 3 N–H and O–H groups in total. The molecule has 0 radical (unpaired) electrons. The molecule has 0 amide bonds. The quantitative estimate of drug-likeness (QED) is 0.787. The first-order valence-electron chi connectivity index (χ1n) is 5.17. The third-order valence-corrected chi connectivity index (χ3v) is 3.33. The van der Waals surface area contributed by atoms with Gasteiger partial charge in [-0.05, 0) is 0 Å². The first-order chi connectivity index (χ1) is 7.84. The first-order valence-corrected chi connectivity index (χ1v) is 6.05. The molecular formula is C9H13ClN6S. The Morgan fingerprint density at radius 1 is 1.29 bits per heavy atom. The van der Waals surface area contributed by atoms with Crippen molar-refractivity contribution in [1.82, 2.24) is 20.3 Å². The number of nitrogen functional groups attached to an aromatic ring is 1. The van der Waals surface area contributed by atoms with Crippen LogP contribution >= 0.6 is 23.7 Å². The highest BCUT2D eigenvalue weighted by molar-refractivity contribution is 7.16. The van der Waals surface area contributed by atoms with Crippen LogP contribution in [-0.4, -0.2) is 41.1 Å². The minimum atomic E-state index is 0. The molecule has 8 heteroatoms. The SMILES string of the molecule is Cl.Nc1nc(N2CCNCC2)c2ncsc2n1.